The SMILES string of the molecule is CC(=O)OC[C@H](CCCC(C)C)[C@H]1CC[C@H]2[C@@H]3CC=C4[C@@H](OC(C)=O)[C@H](O)CC[C@]4(C)[C@H]3CC[C@]12C. The average Bonchev–Trinajstić information content (AvgIpc) is 3.15. The Hall–Kier alpha value is -1.36. The van der Waals surface area contributed by atoms with Gasteiger partial charge in [0.1, 0.15) is 6.10 Å². The minimum atomic E-state index is -0.595. The van der Waals surface area contributed by atoms with Gasteiger partial charge in [0.15, 0.2) is 0 Å². The maximum Gasteiger partial charge on any atom is 0.303 e. The first-order valence-corrected chi connectivity index (χ1v) is 14.7. The first-order valence-electron chi connectivity index (χ1n) is 14.7. The zero-order chi connectivity index (χ0) is 26.3. The Morgan fingerprint density at radius 1 is 1.03 bits per heavy atom. The molecular weight excluding hydrogens is 452 g/mol. The number of ether oxygens (including phenoxy) is 2. The monoisotopic (exact) mass is 502 g/mol. The lowest BCUT2D eigenvalue weighted by Gasteiger charge is -2.59. The second kappa shape index (κ2) is 10.8. The van der Waals surface area contributed by atoms with Gasteiger partial charge in [-0.15, -0.1) is 0 Å². The van der Waals surface area contributed by atoms with E-state index in [1.165, 1.54) is 57.9 Å². The van der Waals surface area contributed by atoms with E-state index in [0.29, 0.717) is 48.5 Å². The van der Waals surface area contributed by atoms with Crippen LogP contribution in [0.5, 0.6) is 0 Å². The molecule has 0 bridgehead atoms. The summed E-state index contributed by atoms with van der Waals surface area (Å²) in [7, 11) is 0. The fraction of sp³-hybridized carbons (Fsp3) is 0.871. The van der Waals surface area contributed by atoms with Crippen LogP contribution in [0.1, 0.15) is 106 Å². The first-order chi connectivity index (χ1) is 17.0. The molecule has 4 rings (SSSR count). The molecule has 36 heavy (non-hydrogen) atoms. The van der Waals surface area contributed by atoms with Crippen LogP contribution in [0.3, 0.4) is 0 Å². The molecule has 0 unspecified atom stereocenters. The zero-order valence-corrected chi connectivity index (χ0v) is 23.6. The van der Waals surface area contributed by atoms with Gasteiger partial charge in [0, 0.05) is 13.8 Å². The summed E-state index contributed by atoms with van der Waals surface area (Å²) in [5, 5.41) is 10.7. The van der Waals surface area contributed by atoms with Crippen molar-refractivity contribution in [2.24, 2.45) is 46.3 Å². The van der Waals surface area contributed by atoms with E-state index < -0.39 is 12.2 Å². The molecule has 0 saturated heterocycles. The Kier molecular flexibility index (Phi) is 8.29. The number of hydrogen-bond acceptors (Lipinski definition) is 5. The molecule has 0 aromatic carbocycles. The maximum atomic E-state index is 11.8. The Labute approximate surface area is 218 Å². The highest BCUT2D eigenvalue weighted by Gasteiger charge is 2.60. The molecule has 1 N–H and O–H groups in total. The maximum absolute atomic E-state index is 11.8. The number of esters is 2. The summed E-state index contributed by atoms with van der Waals surface area (Å²) in [6.07, 6.45) is 12.4. The predicted molar refractivity (Wildman–Crippen MR) is 141 cm³/mol. The van der Waals surface area contributed by atoms with Gasteiger partial charge in [-0.1, -0.05) is 46.6 Å². The Morgan fingerprint density at radius 2 is 1.78 bits per heavy atom. The third-order valence-corrected chi connectivity index (χ3v) is 10.9. The molecule has 0 amide bonds. The quantitative estimate of drug-likeness (QED) is 0.304. The fourth-order valence-corrected chi connectivity index (χ4v) is 9.24. The second-order valence-corrected chi connectivity index (χ2v) is 13.4. The van der Waals surface area contributed by atoms with Crippen LogP contribution in [-0.2, 0) is 19.1 Å². The van der Waals surface area contributed by atoms with E-state index in [9.17, 15) is 14.7 Å². The molecule has 4 aliphatic rings. The molecule has 5 nitrogen and oxygen atoms in total. The number of aliphatic hydroxyl groups is 1. The summed E-state index contributed by atoms with van der Waals surface area (Å²) < 4.78 is 11.3. The molecule has 9 atom stereocenters. The summed E-state index contributed by atoms with van der Waals surface area (Å²) in [4.78, 5) is 23.5. The van der Waals surface area contributed by atoms with Gasteiger partial charge in [0.05, 0.1) is 12.7 Å². The summed E-state index contributed by atoms with van der Waals surface area (Å²) in [5.41, 5.74) is 1.46. The number of carbonyl (C=O) groups excluding carboxylic acids is 2. The van der Waals surface area contributed by atoms with E-state index in [1.54, 1.807) is 0 Å². The lowest BCUT2D eigenvalue weighted by atomic mass is 9.46. The highest BCUT2D eigenvalue weighted by Crippen LogP contribution is 2.67. The van der Waals surface area contributed by atoms with Crippen molar-refractivity contribution in [3.8, 4) is 0 Å². The number of carbonyl (C=O) groups is 2. The van der Waals surface area contributed by atoms with Crippen LogP contribution in [0.2, 0.25) is 0 Å². The summed E-state index contributed by atoms with van der Waals surface area (Å²) in [6, 6.07) is 0. The van der Waals surface area contributed by atoms with Crippen LogP contribution < -0.4 is 0 Å². The summed E-state index contributed by atoms with van der Waals surface area (Å²) in [6.45, 7) is 13.0. The summed E-state index contributed by atoms with van der Waals surface area (Å²) >= 11 is 0. The van der Waals surface area contributed by atoms with Gasteiger partial charge >= 0.3 is 11.9 Å². The van der Waals surface area contributed by atoms with E-state index in [0.717, 1.165) is 19.3 Å². The van der Waals surface area contributed by atoms with Crippen molar-refractivity contribution in [3.05, 3.63) is 11.6 Å². The molecule has 0 aromatic rings. The van der Waals surface area contributed by atoms with Gasteiger partial charge in [-0.25, -0.2) is 0 Å². The highest BCUT2D eigenvalue weighted by atomic mass is 16.6. The van der Waals surface area contributed by atoms with Gasteiger partial charge in [-0.3, -0.25) is 9.59 Å². The molecule has 5 heteroatoms. The number of hydrogen-bond donors (Lipinski definition) is 1. The third-order valence-electron chi connectivity index (χ3n) is 10.9. The van der Waals surface area contributed by atoms with Crippen LogP contribution in [-0.4, -0.2) is 35.9 Å². The Morgan fingerprint density at radius 3 is 2.44 bits per heavy atom. The van der Waals surface area contributed by atoms with Gasteiger partial charge in [0.25, 0.3) is 0 Å². The standard InChI is InChI=1S/C31H50O5/c1-19(2)8-7-9-22(18-35-20(3)32)24-12-13-25-23-10-11-27-29(36-21(4)33)28(34)15-17-31(27,6)26(23)14-16-30(24,25)5/h11,19,22-26,28-29,34H,7-10,12-18H2,1-6H3/t22-,23-,24+,25-,26-,28+,29+,30+,31+/m0/s1. The molecule has 0 aromatic heterocycles. The first kappa shape index (κ1) is 27.7. The summed E-state index contributed by atoms with van der Waals surface area (Å²) in [5.74, 6) is 3.19. The Bertz CT molecular complexity index is 848. The van der Waals surface area contributed by atoms with Crippen LogP contribution in [0.15, 0.2) is 11.6 Å². The second-order valence-electron chi connectivity index (χ2n) is 13.4. The minimum Gasteiger partial charge on any atom is -0.466 e. The lowest BCUT2D eigenvalue weighted by molar-refractivity contribution is -0.156. The highest BCUT2D eigenvalue weighted by molar-refractivity contribution is 5.67. The van der Waals surface area contributed by atoms with Crippen molar-refractivity contribution >= 4 is 11.9 Å². The fourth-order valence-electron chi connectivity index (χ4n) is 9.24. The number of fused-ring (bicyclic) bond motifs is 5. The van der Waals surface area contributed by atoms with Gasteiger partial charge in [-0.05, 0) is 103 Å². The van der Waals surface area contributed by atoms with Crippen molar-refractivity contribution in [1.29, 1.82) is 0 Å². The number of allylic oxidation sites excluding steroid dienone is 1. The van der Waals surface area contributed by atoms with Gasteiger partial charge in [-0.2, -0.15) is 0 Å². The van der Waals surface area contributed by atoms with Gasteiger partial charge < -0.3 is 14.6 Å². The van der Waals surface area contributed by atoms with E-state index >= 15 is 0 Å². The Balaban J connectivity index is 1.56. The molecule has 4 aliphatic carbocycles. The predicted octanol–water partition coefficient (Wildman–Crippen LogP) is 6.47. The molecule has 0 spiro atoms. The van der Waals surface area contributed by atoms with Crippen LogP contribution in [0.4, 0.5) is 0 Å². The third kappa shape index (κ3) is 5.15. The van der Waals surface area contributed by atoms with Crippen LogP contribution in [0, 0.1) is 46.3 Å². The lowest BCUT2D eigenvalue weighted by Crippen LogP contribution is -2.54. The number of rotatable bonds is 8. The zero-order valence-electron chi connectivity index (χ0n) is 23.6. The van der Waals surface area contributed by atoms with Crippen molar-refractivity contribution < 1.29 is 24.2 Å². The molecule has 0 radical (unpaired) electrons. The van der Waals surface area contributed by atoms with E-state index in [4.69, 9.17) is 9.47 Å². The van der Waals surface area contributed by atoms with Crippen molar-refractivity contribution in [3.63, 3.8) is 0 Å². The molecule has 0 heterocycles. The van der Waals surface area contributed by atoms with Gasteiger partial charge in [0.2, 0.25) is 0 Å². The van der Waals surface area contributed by atoms with Crippen LogP contribution in [0.25, 0.3) is 0 Å². The number of aliphatic hydroxyl groups excluding tert-OH is 1. The van der Waals surface area contributed by atoms with Crippen molar-refractivity contribution in [2.45, 2.75) is 118 Å². The van der Waals surface area contributed by atoms with E-state index in [-0.39, 0.29) is 22.8 Å². The molecular formula is C31H50O5. The van der Waals surface area contributed by atoms with E-state index in [1.807, 2.05) is 0 Å². The molecule has 0 aliphatic heterocycles. The smallest absolute Gasteiger partial charge is 0.303 e. The van der Waals surface area contributed by atoms with Crippen LogP contribution >= 0.6 is 0 Å². The van der Waals surface area contributed by atoms with Crippen molar-refractivity contribution in [2.75, 3.05) is 6.61 Å². The minimum absolute atomic E-state index is 0.00388. The molecule has 3 saturated carbocycles. The van der Waals surface area contributed by atoms with Crippen molar-refractivity contribution in [1.82, 2.24) is 0 Å². The average molecular weight is 503 g/mol. The topological polar surface area (TPSA) is 72.8 Å². The normalized spacial score (nSPS) is 40.5. The molecule has 3 fully saturated rings. The van der Waals surface area contributed by atoms with E-state index in [2.05, 4.69) is 33.8 Å². The molecule has 204 valence electrons. The largest absolute Gasteiger partial charge is 0.466 e.